The van der Waals surface area contributed by atoms with Crippen molar-refractivity contribution in [1.82, 2.24) is 9.97 Å². The van der Waals surface area contributed by atoms with Gasteiger partial charge in [0.1, 0.15) is 6.10 Å². The SMILES string of the molecule is O=COC(Cc1cnc[nH]1)C1CC1. The van der Waals surface area contributed by atoms with Crippen molar-refractivity contribution in [3.63, 3.8) is 0 Å². The van der Waals surface area contributed by atoms with Gasteiger partial charge in [-0.3, -0.25) is 4.79 Å². The number of imidazole rings is 1. The van der Waals surface area contributed by atoms with Crippen LogP contribution in [0.5, 0.6) is 0 Å². The largest absolute Gasteiger partial charge is 0.464 e. The molecular weight excluding hydrogens is 168 g/mol. The Hall–Kier alpha value is -1.32. The summed E-state index contributed by atoms with van der Waals surface area (Å²) < 4.78 is 5.01. The number of carbonyl (C=O) groups is 1. The summed E-state index contributed by atoms with van der Waals surface area (Å²) in [4.78, 5) is 17.1. The lowest BCUT2D eigenvalue weighted by atomic mass is 10.1. The molecule has 70 valence electrons. The smallest absolute Gasteiger partial charge is 0.293 e. The molecule has 1 aliphatic rings. The number of aromatic nitrogens is 2. The highest BCUT2D eigenvalue weighted by Crippen LogP contribution is 2.35. The number of hydrogen-bond donors (Lipinski definition) is 1. The van der Waals surface area contributed by atoms with Gasteiger partial charge in [-0.15, -0.1) is 0 Å². The van der Waals surface area contributed by atoms with Crippen molar-refractivity contribution in [3.05, 3.63) is 18.2 Å². The zero-order valence-electron chi connectivity index (χ0n) is 7.27. The van der Waals surface area contributed by atoms with Crippen LogP contribution in [0.4, 0.5) is 0 Å². The average Bonchev–Trinajstić information content (AvgIpc) is 2.85. The Kier molecular flexibility index (Phi) is 2.29. The zero-order valence-corrected chi connectivity index (χ0v) is 7.27. The predicted molar refractivity (Wildman–Crippen MR) is 46.0 cm³/mol. The molecule has 1 aliphatic carbocycles. The number of hydrogen-bond acceptors (Lipinski definition) is 3. The van der Waals surface area contributed by atoms with Gasteiger partial charge in [0, 0.05) is 18.3 Å². The molecule has 0 spiro atoms. The maximum atomic E-state index is 10.2. The summed E-state index contributed by atoms with van der Waals surface area (Å²) in [5.41, 5.74) is 1.03. The molecule has 0 amide bonds. The van der Waals surface area contributed by atoms with Crippen molar-refractivity contribution in [2.75, 3.05) is 0 Å². The summed E-state index contributed by atoms with van der Waals surface area (Å²) in [7, 11) is 0. The van der Waals surface area contributed by atoms with Crippen LogP contribution < -0.4 is 0 Å². The van der Waals surface area contributed by atoms with Gasteiger partial charge in [0.15, 0.2) is 0 Å². The first-order valence-corrected chi connectivity index (χ1v) is 4.46. The molecule has 0 radical (unpaired) electrons. The molecule has 1 unspecified atom stereocenters. The van der Waals surface area contributed by atoms with E-state index in [1.165, 1.54) is 12.8 Å². The van der Waals surface area contributed by atoms with Crippen molar-refractivity contribution in [3.8, 4) is 0 Å². The third-order valence-electron chi connectivity index (χ3n) is 2.35. The van der Waals surface area contributed by atoms with Crippen molar-refractivity contribution < 1.29 is 9.53 Å². The molecule has 1 saturated carbocycles. The van der Waals surface area contributed by atoms with E-state index in [0.717, 1.165) is 12.1 Å². The van der Waals surface area contributed by atoms with Crippen LogP contribution in [0.25, 0.3) is 0 Å². The normalized spacial score (nSPS) is 18.2. The topological polar surface area (TPSA) is 55.0 Å². The summed E-state index contributed by atoms with van der Waals surface area (Å²) in [6, 6.07) is 0. The van der Waals surface area contributed by atoms with Crippen molar-refractivity contribution in [1.29, 1.82) is 0 Å². The Morgan fingerprint density at radius 3 is 3.15 bits per heavy atom. The van der Waals surface area contributed by atoms with Gasteiger partial charge in [-0.25, -0.2) is 4.98 Å². The highest BCUT2D eigenvalue weighted by atomic mass is 16.5. The summed E-state index contributed by atoms with van der Waals surface area (Å²) in [5.74, 6) is 0.563. The van der Waals surface area contributed by atoms with Crippen LogP contribution in [0.3, 0.4) is 0 Å². The van der Waals surface area contributed by atoms with Crippen LogP contribution in [-0.2, 0) is 16.0 Å². The lowest BCUT2D eigenvalue weighted by molar-refractivity contribution is -0.134. The molecule has 13 heavy (non-hydrogen) atoms. The highest BCUT2D eigenvalue weighted by Gasteiger charge is 2.32. The fourth-order valence-corrected chi connectivity index (χ4v) is 1.48. The van der Waals surface area contributed by atoms with E-state index in [-0.39, 0.29) is 6.10 Å². The van der Waals surface area contributed by atoms with Crippen LogP contribution in [0.2, 0.25) is 0 Å². The van der Waals surface area contributed by atoms with Gasteiger partial charge in [-0.1, -0.05) is 0 Å². The van der Waals surface area contributed by atoms with Crippen LogP contribution in [0, 0.1) is 5.92 Å². The second kappa shape index (κ2) is 3.60. The monoisotopic (exact) mass is 180 g/mol. The van der Waals surface area contributed by atoms with Gasteiger partial charge >= 0.3 is 0 Å². The minimum absolute atomic E-state index is 0.0398. The molecule has 1 heterocycles. The molecule has 4 nitrogen and oxygen atoms in total. The average molecular weight is 180 g/mol. The number of aromatic amines is 1. The van der Waals surface area contributed by atoms with Gasteiger partial charge in [0.2, 0.25) is 0 Å². The number of H-pyrrole nitrogens is 1. The van der Waals surface area contributed by atoms with Crippen molar-refractivity contribution in [2.45, 2.75) is 25.4 Å². The van der Waals surface area contributed by atoms with Gasteiger partial charge in [-0.05, 0) is 18.8 Å². The van der Waals surface area contributed by atoms with E-state index in [9.17, 15) is 4.79 Å². The molecule has 0 bridgehead atoms. The van der Waals surface area contributed by atoms with Crippen molar-refractivity contribution in [2.24, 2.45) is 5.92 Å². The molecule has 1 N–H and O–H groups in total. The Labute approximate surface area is 76.3 Å². The van der Waals surface area contributed by atoms with E-state index in [1.807, 2.05) is 0 Å². The first-order valence-electron chi connectivity index (χ1n) is 4.46. The van der Waals surface area contributed by atoms with Gasteiger partial charge in [0.25, 0.3) is 6.47 Å². The second-order valence-electron chi connectivity index (χ2n) is 3.39. The summed E-state index contributed by atoms with van der Waals surface area (Å²) in [5, 5.41) is 0. The number of carbonyl (C=O) groups excluding carboxylic acids is 1. The molecular formula is C9H12N2O2. The van der Waals surface area contributed by atoms with E-state index < -0.39 is 0 Å². The first-order chi connectivity index (χ1) is 6.40. The second-order valence-corrected chi connectivity index (χ2v) is 3.39. The third kappa shape index (κ3) is 2.08. The van der Waals surface area contributed by atoms with Crippen LogP contribution in [-0.4, -0.2) is 22.5 Å². The minimum atomic E-state index is 0.0398. The summed E-state index contributed by atoms with van der Waals surface area (Å²) in [6.07, 6.45) is 6.55. The first kappa shape index (κ1) is 8.29. The minimum Gasteiger partial charge on any atom is -0.464 e. The van der Waals surface area contributed by atoms with Crippen LogP contribution in [0.15, 0.2) is 12.5 Å². The number of rotatable bonds is 5. The molecule has 2 rings (SSSR count). The quantitative estimate of drug-likeness (QED) is 0.685. The van der Waals surface area contributed by atoms with Gasteiger partial charge in [-0.2, -0.15) is 0 Å². The fourth-order valence-electron chi connectivity index (χ4n) is 1.48. The van der Waals surface area contributed by atoms with E-state index in [2.05, 4.69) is 9.97 Å². The number of nitrogens with zero attached hydrogens (tertiary/aromatic N) is 1. The van der Waals surface area contributed by atoms with E-state index in [1.54, 1.807) is 12.5 Å². The molecule has 0 saturated heterocycles. The molecule has 0 aromatic carbocycles. The number of nitrogens with one attached hydrogen (secondary N) is 1. The Morgan fingerprint density at radius 2 is 2.62 bits per heavy atom. The predicted octanol–water partition coefficient (Wildman–Crippen LogP) is 0.904. The molecule has 1 aromatic heterocycles. The number of ether oxygens (including phenoxy) is 1. The maximum absolute atomic E-state index is 10.2. The summed E-state index contributed by atoms with van der Waals surface area (Å²) in [6.45, 7) is 0.541. The fraction of sp³-hybridized carbons (Fsp3) is 0.556. The molecule has 1 atom stereocenters. The van der Waals surface area contributed by atoms with E-state index >= 15 is 0 Å². The van der Waals surface area contributed by atoms with Crippen LogP contribution >= 0.6 is 0 Å². The molecule has 1 fully saturated rings. The zero-order chi connectivity index (χ0) is 9.10. The Bertz CT molecular complexity index is 267. The third-order valence-corrected chi connectivity index (χ3v) is 2.35. The van der Waals surface area contributed by atoms with E-state index in [4.69, 9.17) is 4.74 Å². The lowest BCUT2D eigenvalue weighted by Crippen LogP contribution is -2.17. The Balaban J connectivity index is 1.92. The van der Waals surface area contributed by atoms with Crippen molar-refractivity contribution >= 4 is 6.47 Å². The maximum Gasteiger partial charge on any atom is 0.293 e. The molecule has 4 heteroatoms. The van der Waals surface area contributed by atoms with Crippen LogP contribution in [0.1, 0.15) is 18.5 Å². The standard InChI is InChI=1S/C9H12N2O2/c12-6-13-9(7-1-2-7)3-8-4-10-5-11-8/h4-7,9H,1-3H2,(H,10,11). The lowest BCUT2D eigenvalue weighted by Gasteiger charge is -2.12. The van der Waals surface area contributed by atoms with E-state index in [0.29, 0.717) is 12.4 Å². The molecule has 1 aromatic rings. The Morgan fingerprint density at radius 1 is 1.77 bits per heavy atom. The molecule has 0 aliphatic heterocycles. The summed E-state index contributed by atoms with van der Waals surface area (Å²) >= 11 is 0. The highest BCUT2D eigenvalue weighted by molar-refractivity contribution is 5.37. The van der Waals surface area contributed by atoms with Gasteiger partial charge < -0.3 is 9.72 Å². The van der Waals surface area contributed by atoms with Gasteiger partial charge in [0.05, 0.1) is 6.33 Å².